The molecule has 8 nitrogen and oxygen atoms in total. The molecule has 1 radical (unpaired) electrons. The van der Waals surface area contributed by atoms with E-state index < -0.39 is 45.3 Å². The number of carbonyl (C=O) groups is 2. The Morgan fingerprint density at radius 2 is 2.03 bits per heavy atom. The van der Waals surface area contributed by atoms with Crippen LogP contribution in [0.1, 0.15) is 40.5 Å². The molecule has 1 aliphatic rings. The molecule has 2 atom stereocenters. The van der Waals surface area contributed by atoms with E-state index in [0.29, 0.717) is 23.7 Å². The van der Waals surface area contributed by atoms with Crippen LogP contribution in [0.4, 0.5) is 4.39 Å². The fourth-order valence-corrected chi connectivity index (χ4v) is 4.63. The highest BCUT2D eigenvalue weighted by atomic mass is 32.2. The number of halogens is 1. The first-order valence-electron chi connectivity index (χ1n) is 9.39. The Hall–Kier alpha value is -3.14. The Kier molecular flexibility index (Phi) is 6.21. The van der Waals surface area contributed by atoms with Crippen molar-refractivity contribution >= 4 is 21.7 Å². The van der Waals surface area contributed by atoms with Gasteiger partial charge in [-0.05, 0) is 36.8 Å². The third-order valence-corrected chi connectivity index (χ3v) is 5.84. The van der Waals surface area contributed by atoms with Gasteiger partial charge in [0.2, 0.25) is 5.91 Å². The van der Waals surface area contributed by atoms with Crippen LogP contribution >= 0.6 is 0 Å². The second-order valence-electron chi connectivity index (χ2n) is 7.08. The summed E-state index contributed by atoms with van der Waals surface area (Å²) in [7, 11) is -2.19. The maximum atomic E-state index is 14.6. The van der Waals surface area contributed by atoms with E-state index >= 15 is 0 Å². The Morgan fingerprint density at radius 1 is 1.32 bits per heavy atom. The van der Waals surface area contributed by atoms with Crippen LogP contribution in [0.15, 0.2) is 30.3 Å². The van der Waals surface area contributed by atoms with Gasteiger partial charge in [-0.3, -0.25) is 9.59 Å². The van der Waals surface area contributed by atoms with Gasteiger partial charge in [-0.25, -0.2) is 12.8 Å². The van der Waals surface area contributed by atoms with Crippen LogP contribution < -0.4 is 15.2 Å². The van der Waals surface area contributed by atoms with Crippen LogP contribution in [-0.4, -0.2) is 50.9 Å². The zero-order valence-corrected chi connectivity index (χ0v) is 18.0. The third-order valence-electron chi connectivity index (χ3n) is 4.92. The molecule has 3 rings (SSSR count). The van der Waals surface area contributed by atoms with Gasteiger partial charge in [0.05, 0.1) is 31.1 Å². The number of rotatable bonds is 8. The van der Waals surface area contributed by atoms with Gasteiger partial charge in [-0.1, -0.05) is 12.1 Å². The molecule has 0 saturated heterocycles. The number of nitrogens with zero attached hydrogens (tertiary/aromatic N) is 1. The van der Waals surface area contributed by atoms with Gasteiger partial charge < -0.3 is 20.1 Å². The molecule has 0 aromatic heterocycles. The summed E-state index contributed by atoms with van der Waals surface area (Å²) in [5.41, 5.74) is 5.53. The van der Waals surface area contributed by atoms with E-state index in [1.165, 1.54) is 19.2 Å². The molecule has 1 aliphatic heterocycles. The van der Waals surface area contributed by atoms with Crippen molar-refractivity contribution in [1.82, 2.24) is 4.90 Å². The number of amides is 2. The summed E-state index contributed by atoms with van der Waals surface area (Å²) in [6, 6.07) is 6.97. The lowest BCUT2D eigenvalue weighted by molar-refractivity contribution is -0.123. The lowest BCUT2D eigenvalue weighted by atomic mass is 10.0. The van der Waals surface area contributed by atoms with Gasteiger partial charge in [0.15, 0.2) is 11.5 Å². The van der Waals surface area contributed by atoms with E-state index in [-0.39, 0.29) is 11.1 Å². The maximum absolute atomic E-state index is 14.6. The van der Waals surface area contributed by atoms with E-state index in [1.54, 1.807) is 19.1 Å². The largest absolute Gasteiger partial charge is 0.493 e. The molecule has 0 aliphatic carbocycles. The van der Waals surface area contributed by atoms with Gasteiger partial charge in [0, 0.05) is 11.8 Å². The molecule has 1 heterocycles. The molecule has 0 spiro atoms. The van der Waals surface area contributed by atoms with Crippen molar-refractivity contribution in [3.05, 3.63) is 58.9 Å². The second-order valence-corrected chi connectivity index (χ2v) is 9.27. The van der Waals surface area contributed by atoms with Crippen LogP contribution in [0.5, 0.6) is 11.5 Å². The summed E-state index contributed by atoms with van der Waals surface area (Å²) < 4.78 is 49.8. The minimum absolute atomic E-state index is 0.152. The molecule has 2 amide bonds. The van der Waals surface area contributed by atoms with E-state index in [0.717, 1.165) is 17.2 Å². The Labute approximate surface area is 179 Å². The van der Waals surface area contributed by atoms with Crippen LogP contribution in [0.3, 0.4) is 0 Å². The molecule has 2 unspecified atom stereocenters. The lowest BCUT2D eigenvalue weighted by Gasteiger charge is -2.32. The van der Waals surface area contributed by atoms with Crippen LogP contribution in [0, 0.1) is 11.9 Å². The first-order chi connectivity index (χ1) is 14.6. The fourth-order valence-electron chi connectivity index (χ4n) is 3.71. The van der Waals surface area contributed by atoms with Gasteiger partial charge in [-0.15, -0.1) is 0 Å². The topological polar surface area (TPSA) is 116 Å². The predicted octanol–water partition coefficient (Wildman–Crippen LogP) is 1.80. The SMILES string of the molecule is CCOc1cc(C(CS(C)(=O)=O)N2C(=O)c3[c]ccc(F)c3C2C(N)=O)ccc1OC. The number of hydrogen-bond donors (Lipinski definition) is 1. The smallest absolute Gasteiger partial charge is 0.256 e. The van der Waals surface area contributed by atoms with Gasteiger partial charge in [0.1, 0.15) is 21.7 Å². The fraction of sp³-hybridized carbons (Fsp3) is 0.333. The average molecular weight is 449 g/mol. The molecule has 2 aromatic carbocycles. The molecular weight excluding hydrogens is 427 g/mol. The van der Waals surface area contributed by atoms with Gasteiger partial charge in [0.25, 0.3) is 5.91 Å². The summed E-state index contributed by atoms with van der Waals surface area (Å²) in [6.07, 6.45) is 1.01. The molecule has 165 valence electrons. The zero-order chi connectivity index (χ0) is 22.9. The van der Waals surface area contributed by atoms with Gasteiger partial charge in [-0.2, -0.15) is 0 Å². The number of nitrogens with two attached hydrogens (primary N) is 1. The van der Waals surface area contributed by atoms with Crippen molar-refractivity contribution < 1.29 is 31.9 Å². The van der Waals surface area contributed by atoms with E-state index in [9.17, 15) is 22.4 Å². The first-order valence-corrected chi connectivity index (χ1v) is 11.5. The molecule has 2 aromatic rings. The minimum atomic E-state index is -3.64. The average Bonchev–Trinajstić information content (AvgIpc) is 3.00. The molecule has 2 N–H and O–H groups in total. The maximum Gasteiger partial charge on any atom is 0.256 e. The van der Waals surface area contributed by atoms with Crippen LogP contribution in [-0.2, 0) is 14.6 Å². The number of benzene rings is 2. The Bertz CT molecular complexity index is 1130. The first kappa shape index (κ1) is 22.5. The molecule has 31 heavy (non-hydrogen) atoms. The van der Waals surface area contributed by atoms with Crippen molar-refractivity contribution in [2.45, 2.75) is 19.0 Å². The monoisotopic (exact) mass is 449 g/mol. The molecule has 0 saturated carbocycles. The van der Waals surface area contributed by atoms with E-state index in [2.05, 4.69) is 6.07 Å². The highest BCUT2D eigenvalue weighted by Gasteiger charge is 2.46. The summed E-state index contributed by atoms with van der Waals surface area (Å²) >= 11 is 0. The number of primary amides is 1. The molecule has 0 bridgehead atoms. The second kappa shape index (κ2) is 8.54. The summed E-state index contributed by atoms with van der Waals surface area (Å²) in [5.74, 6) is -2.29. The van der Waals surface area contributed by atoms with E-state index in [1.807, 2.05) is 0 Å². The summed E-state index contributed by atoms with van der Waals surface area (Å²) in [4.78, 5) is 26.5. The minimum Gasteiger partial charge on any atom is -0.493 e. The number of ether oxygens (including phenoxy) is 2. The highest BCUT2D eigenvalue weighted by molar-refractivity contribution is 7.90. The summed E-state index contributed by atoms with van der Waals surface area (Å²) in [5, 5.41) is 0. The summed E-state index contributed by atoms with van der Waals surface area (Å²) in [6.45, 7) is 2.08. The number of sulfone groups is 1. The standard InChI is InChI=1S/C21H22FN2O6S/c1-4-30-17-10-12(8-9-16(17)29-2)15(11-31(3,27)28)24-19(20(23)25)18-13(21(24)26)6-5-7-14(18)22/h5,7-10,15,19H,4,11H2,1-3H3,(H2,23,25). The van der Waals surface area contributed by atoms with Crippen LogP contribution in [0.2, 0.25) is 0 Å². The number of hydrogen-bond acceptors (Lipinski definition) is 6. The lowest BCUT2D eigenvalue weighted by Crippen LogP contribution is -2.41. The third kappa shape index (κ3) is 4.34. The van der Waals surface area contributed by atoms with E-state index in [4.69, 9.17) is 15.2 Å². The molecule has 0 fully saturated rings. The van der Waals surface area contributed by atoms with Crippen molar-refractivity contribution in [2.24, 2.45) is 5.73 Å². The number of carbonyl (C=O) groups excluding carboxylic acids is 2. The van der Waals surface area contributed by atoms with Crippen molar-refractivity contribution in [3.63, 3.8) is 0 Å². The normalized spacial score (nSPS) is 16.7. The predicted molar refractivity (Wildman–Crippen MR) is 110 cm³/mol. The van der Waals surface area contributed by atoms with Crippen molar-refractivity contribution in [2.75, 3.05) is 25.7 Å². The van der Waals surface area contributed by atoms with Crippen molar-refractivity contribution in [1.29, 1.82) is 0 Å². The Balaban J connectivity index is 2.20. The molecular formula is C21H22FN2O6S. The van der Waals surface area contributed by atoms with Gasteiger partial charge >= 0.3 is 0 Å². The number of fused-ring (bicyclic) bond motifs is 1. The molecule has 10 heteroatoms. The quantitative estimate of drug-likeness (QED) is 0.657. The Morgan fingerprint density at radius 3 is 2.61 bits per heavy atom. The zero-order valence-electron chi connectivity index (χ0n) is 17.2. The number of methoxy groups -OCH3 is 1. The van der Waals surface area contributed by atoms with Crippen LogP contribution in [0.25, 0.3) is 0 Å². The highest BCUT2D eigenvalue weighted by Crippen LogP contribution is 2.42. The van der Waals surface area contributed by atoms with Crippen molar-refractivity contribution in [3.8, 4) is 11.5 Å².